The highest BCUT2D eigenvalue weighted by atomic mass is 19.2. The van der Waals surface area contributed by atoms with E-state index < -0.39 is 40.8 Å². The Kier molecular flexibility index (Phi) is 7.76. The van der Waals surface area contributed by atoms with Crippen molar-refractivity contribution in [3.8, 4) is 11.3 Å². The van der Waals surface area contributed by atoms with Crippen molar-refractivity contribution in [2.45, 2.75) is 39.7 Å². The van der Waals surface area contributed by atoms with Crippen LogP contribution >= 0.6 is 0 Å². The molecule has 0 amide bonds. The summed E-state index contributed by atoms with van der Waals surface area (Å²) >= 11 is 0. The molecule has 10 heteroatoms. The number of halogens is 6. The lowest BCUT2D eigenvalue weighted by Gasteiger charge is -2.26. The lowest BCUT2D eigenvalue weighted by Crippen LogP contribution is -2.30. The molecule has 0 fully saturated rings. The summed E-state index contributed by atoms with van der Waals surface area (Å²) in [6.07, 6.45) is 1.94. The summed E-state index contributed by atoms with van der Waals surface area (Å²) in [6.45, 7) is 9.03. The van der Waals surface area contributed by atoms with E-state index in [4.69, 9.17) is 0 Å². The molecular formula is C26H22F6N4. The number of hydrogen-bond acceptors (Lipinski definition) is 4. The molecule has 0 radical (unpaired) electrons. The van der Waals surface area contributed by atoms with Crippen molar-refractivity contribution in [3.63, 3.8) is 0 Å². The van der Waals surface area contributed by atoms with E-state index in [-0.39, 0.29) is 45.9 Å². The average molecular weight is 504 g/mol. The molecule has 188 valence electrons. The van der Waals surface area contributed by atoms with Crippen molar-refractivity contribution in [2.24, 2.45) is 4.99 Å². The number of pyridine rings is 3. The lowest BCUT2D eigenvalue weighted by atomic mass is 9.82. The van der Waals surface area contributed by atoms with Gasteiger partial charge in [0, 0.05) is 22.8 Å². The molecule has 0 saturated carbocycles. The van der Waals surface area contributed by atoms with Crippen LogP contribution in [0.2, 0.25) is 0 Å². The summed E-state index contributed by atoms with van der Waals surface area (Å²) in [7, 11) is 0. The van der Waals surface area contributed by atoms with Crippen molar-refractivity contribution in [1.29, 1.82) is 0 Å². The highest BCUT2D eigenvalue weighted by molar-refractivity contribution is 6.03. The van der Waals surface area contributed by atoms with E-state index in [1.807, 2.05) is 0 Å². The van der Waals surface area contributed by atoms with Crippen molar-refractivity contribution >= 4 is 5.71 Å². The zero-order valence-electron chi connectivity index (χ0n) is 19.9. The van der Waals surface area contributed by atoms with Gasteiger partial charge in [0.05, 0.1) is 23.5 Å². The summed E-state index contributed by atoms with van der Waals surface area (Å²) < 4.78 is 84.5. The van der Waals surface area contributed by atoms with Gasteiger partial charge >= 0.3 is 0 Å². The van der Waals surface area contributed by atoms with Gasteiger partial charge < -0.3 is 0 Å². The smallest absolute Gasteiger partial charge is 0.225 e. The van der Waals surface area contributed by atoms with Gasteiger partial charge in [-0.2, -0.15) is 27.5 Å². The predicted molar refractivity (Wildman–Crippen MR) is 125 cm³/mol. The Balaban J connectivity index is 2.16. The maximum Gasteiger partial charge on any atom is 0.225 e. The highest BCUT2D eigenvalue weighted by Crippen LogP contribution is 2.31. The number of aryl methyl sites for hydroxylation is 2. The first-order chi connectivity index (χ1) is 16.8. The predicted octanol–water partition coefficient (Wildman–Crippen LogP) is 6.81. The molecule has 0 aliphatic rings. The molecule has 0 aliphatic heterocycles. The van der Waals surface area contributed by atoms with E-state index >= 15 is 0 Å². The van der Waals surface area contributed by atoms with Crippen LogP contribution in [0.1, 0.15) is 36.2 Å². The molecule has 0 bridgehead atoms. The van der Waals surface area contributed by atoms with Gasteiger partial charge in [0.25, 0.3) is 0 Å². The zero-order chi connectivity index (χ0) is 26.8. The molecule has 36 heavy (non-hydrogen) atoms. The standard InChI is InChI=1S/C26H22F6N4/c1-6-15(27)10-19(33-12-17-13(2)7-21(29)35-24(17)31)26(4,5)20-11-16(28)9-18(34-20)23-14(3)8-22(30)36-25(23)32/h6-11H,1,12H2,2-5H3/b15-10+,33-19?. The molecule has 3 heterocycles. The van der Waals surface area contributed by atoms with E-state index in [2.05, 4.69) is 26.5 Å². The largest absolute Gasteiger partial charge is 0.284 e. The molecule has 3 aromatic rings. The van der Waals surface area contributed by atoms with Crippen LogP contribution in [0.4, 0.5) is 26.3 Å². The molecular weight excluding hydrogens is 482 g/mol. The van der Waals surface area contributed by atoms with Crippen molar-refractivity contribution < 1.29 is 26.3 Å². The van der Waals surface area contributed by atoms with E-state index in [0.29, 0.717) is 0 Å². The summed E-state index contributed by atoms with van der Waals surface area (Å²) in [5.41, 5.74) is -1.24. The minimum atomic E-state index is -1.30. The minimum absolute atomic E-state index is 0.0138. The van der Waals surface area contributed by atoms with Crippen LogP contribution in [0.15, 0.2) is 53.8 Å². The molecule has 0 N–H and O–H groups in total. The Morgan fingerprint density at radius 3 is 2.11 bits per heavy atom. The van der Waals surface area contributed by atoms with Crippen LogP contribution in [-0.4, -0.2) is 20.7 Å². The monoisotopic (exact) mass is 504 g/mol. The molecule has 0 spiro atoms. The van der Waals surface area contributed by atoms with E-state index in [0.717, 1.165) is 36.4 Å². The Morgan fingerprint density at radius 2 is 1.53 bits per heavy atom. The quantitative estimate of drug-likeness (QED) is 0.154. The van der Waals surface area contributed by atoms with Gasteiger partial charge in [-0.05, 0) is 69.2 Å². The van der Waals surface area contributed by atoms with Crippen molar-refractivity contribution in [2.75, 3.05) is 0 Å². The summed E-state index contributed by atoms with van der Waals surface area (Å²) in [6, 6.07) is 4.05. The number of aromatic nitrogens is 3. The molecule has 0 aliphatic carbocycles. The minimum Gasteiger partial charge on any atom is -0.284 e. The molecule has 0 aromatic carbocycles. The third-order valence-electron chi connectivity index (χ3n) is 5.61. The molecule has 4 nitrogen and oxygen atoms in total. The SMILES string of the molecule is C=C/C(F)=C\C(=NCc1c(C)cc(F)nc1F)C(C)(C)c1cc(F)cc(-c2c(C)cc(F)nc2F)n1. The van der Waals surface area contributed by atoms with Crippen LogP contribution in [0.25, 0.3) is 11.3 Å². The lowest BCUT2D eigenvalue weighted by molar-refractivity contribution is 0.500. The van der Waals surface area contributed by atoms with E-state index in [1.165, 1.54) is 13.8 Å². The topological polar surface area (TPSA) is 51.0 Å². The molecule has 3 rings (SSSR count). The van der Waals surface area contributed by atoms with Gasteiger partial charge in [0.1, 0.15) is 11.6 Å². The first kappa shape index (κ1) is 26.8. The van der Waals surface area contributed by atoms with Gasteiger partial charge in [-0.3, -0.25) is 9.98 Å². The molecule has 3 aromatic heterocycles. The van der Waals surface area contributed by atoms with Gasteiger partial charge in [-0.15, -0.1) is 0 Å². The van der Waals surface area contributed by atoms with Crippen molar-refractivity contribution in [1.82, 2.24) is 15.0 Å². The molecule has 0 unspecified atom stereocenters. The second-order valence-corrected chi connectivity index (χ2v) is 8.57. The Labute approximate surface area is 204 Å². The normalized spacial score (nSPS) is 12.7. The Bertz CT molecular complexity index is 1350. The fourth-order valence-electron chi connectivity index (χ4n) is 3.57. The number of allylic oxidation sites excluding steroid dienone is 3. The summed E-state index contributed by atoms with van der Waals surface area (Å²) in [5.74, 6) is -5.84. The second kappa shape index (κ2) is 10.4. The van der Waals surface area contributed by atoms with Gasteiger partial charge in [0.2, 0.25) is 23.8 Å². The maximum absolute atomic E-state index is 14.7. The summed E-state index contributed by atoms with van der Waals surface area (Å²) in [4.78, 5) is 15.0. The highest BCUT2D eigenvalue weighted by Gasteiger charge is 2.30. The van der Waals surface area contributed by atoms with Gasteiger partial charge in [-0.1, -0.05) is 6.58 Å². The van der Waals surface area contributed by atoms with Gasteiger partial charge in [0.15, 0.2) is 0 Å². The van der Waals surface area contributed by atoms with Crippen LogP contribution in [0.5, 0.6) is 0 Å². The number of aliphatic imine (C=N–C) groups is 1. The Morgan fingerprint density at radius 1 is 0.917 bits per heavy atom. The number of nitrogens with zero attached hydrogens (tertiary/aromatic N) is 4. The van der Waals surface area contributed by atoms with Crippen LogP contribution < -0.4 is 0 Å². The fraction of sp³-hybridized carbons (Fsp3) is 0.231. The van der Waals surface area contributed by atoms with E-state index in [9.17, 15) is 26.3 Å². The van der Waals surface area contributed by atoms with Crippen LogP contribution in [0, 0.1) is 43.5 Å². The first-order valence-corrected chi connectivity index (χ1v) is 10.7. The number of hydrogen-bond donors (Lipinski definition) is 0. The zero-order valence-corrected chi connectivity index (χ0v) is 19.9. The van der Waals surface area contributed by atoms with E-state index in [1.54, 1.807) is 13.8 Å². The fourth-order valence-corrected chi connectivity index (χ4v) is 3.57. The third kappa shape index (κ3) is 5.69. The second-order valence-electron chi connectivity index (χ2n) is 8.57. The molecule has 0 saturated heterocycles. The number of rotatable bonds is 7. The Hall–Kier alpha value is -3.82. The molecule has 0 atom stereocenters. The van der Waals surface area contributed by atoms with Crippen LogP contribution in [0.3, 0.4) is 0 Å². The maximum atomic E-state index is 14.7. The third-order valence-corrected chi connectivity index (χ3v) is 5.61. The van der Waals surface area contributed by atoms with Crippen LogP contribution in [-0.2, 0) is 12.0 Å². The van der Waals surface area contributed by atoms with Gasteiger partial charge in [-0.25, -0.2) is 8.78 Å². The van der Waals surface area contributed by atoms with Crippen molar-refractivity contribution in [3.05, 3.63) is 101 Å². The average Bonchev–Trinajstić information content (AvgIpc) is 2.76. The first-order valence-electron chi connectivity index (χ1n) is 10.7. The summed E-state index contributed by atoms with van der Waals surface area (Å²) in [5, 5.41) is 0.